The van der Waals surface area contributed by atoms with Gasteiger partial charge in [-0.2, -0.15) is 25.3 Å². The maximum absolute atomic E-state index is 11.0. The third-order valence-corrected chi connectivity index (χ3v) is 5.87. The van der Waals surface area contributed by atoms with Gasteiger partial charge in [0.05, 0.1) is 0 Å². The second kappa shape index (κ2) is 7.74. The minimum Gasteiger partial charge on any atom is -1.00 e. The Morgan fingerprint density at radius 2 is 0.850 bits per heavy atom. The van der Waals surface area contributed by atoms with Gasteiger partial charge < -0.3 is 1.43 Å². The summed E-state index contributed by atoms with van der Waals surface area (Å²) in [5.74, 6) is 0. The zero-order valence-electron chi connectivity index (χ0n) is 12.2. The van der Waals surface area contributed by atoms with E-state index in [1.54, 1.807) is 0 Å². The van der Waals surface area contributed by atoms with Crippen LogP contribution in [-0.4, -0.2) is 59.9 Å². The van der Waals surface area contributed by atoms with E-state index in [0.29, 0.717) is 0 Å². The molecule has 0 saturated carbocycles. The Bertz CT molecular complexity index is 540. The van der Waals surface area contributed by atoms with Crippen LogP contribution >= 0.6 is 0 Å². The van der Waals surface area contributed by atoms with E-state index in [1.165, 1.54) is 0 Å². The largest absolute Gasteiger partial charge is 1.00 e. The molecule has 3 unspecified atom stereocenters. The molecule has 3 atom stereocenters. The molecular formula is C6H16KNO9S3. The zero-order chi connectivity index (χ0) is 15.8. The molecule has 0 bridgehead atoms. The van der Waals surface area contributed by atoms with Crippen LogP contribution in [-0.2, 0) is 30.4 Å². The van der Waals surface area contributed by atoms with Crippen LogP contribution in [0.5, 0.6) is 0 Å². The normalized spacial score (nSPS) is 18.1. The van der Waals surface area contributed by atoms with Gasteiger partial charge in [-0.15, -0.1) is 0 Å². The minimum atomic E-state index is -4.84. The van der Waals surface area contributed by atoms with E-state index < -0.39 is 46.5 Å². The molecule has 0 aromatic heterocycles. The van der Waals surface area contributed by atoms with Gasteiger partial charge in [0.15, 0.2) is 0 Å². The van der Waals surface area contributed by atoms with E-state index in [1.807, 2.05) is 0 Å². The topological polar surface area (TPSA) is 166 Å². The SMILES string of the molecule is CC(N(C(C)S(=O)(=O)O)C(C)S(=O)(=O)O)S(=O)(=O)O.[H-].[K+]. The monoisotopic (exact) mass is 381 g/mol. The molecule has 0 aromatic rings. The van der Waals surface area contributed by atoms with Crippen molar-refractivity contribution < 1.29 is 91.7 Å². The van der Waals surface area contributed by atoms with E-state index in [2.05, 4.69) is 0 Å². The summed E-state index contributed by atoms with van der Waals surface area (Å²) in [6.45, 7) is 2.41. The van der Waals surface area contributed by atoms with Gasteiger partial charge in [0.1, 0.15) is 16.1 Å². The van der Waals surface area contributed by atoms with E-state index in [9.17, 15) is 25.3 Å². The molecule has 0 amide bonds. The van der Waals surface area contributed by atoms with Gasteiger partial charge in [0.2, 0.25) is 0 Å². The Labute approximate surface area is 162 Å². The molecular weight excluding hydrogens is 365 g/mol. The molecule has 0 heterocycles. The summed E-state index contributed by atoms with van der Waals surface area (Å²) in [4.78, 5) is 0.236. The van der Waals surface area contributed by atoms with Gasteiger partial charge in [-0.3, -0.25) is 13.7 Å². The molecule has 0 spiro atoms. The van der Waals surface area contributed by atoms with Crippen LogP contribution in [0.25, 0.3) is 0 Å². The van der Waals surface area contributed by atoms with Gasteiger partial charge in [-0.1, -0.05) is 0 Å². The molecule has 0 aromatic carbocycles. The van der Waals surface area contributed by atoms with Crippen LogP contribution in [0.15, 0.2) is 0 Å². The first-order chi connectivity index (χ1) is 8.10. The van der Waals surface area contributed by atoms with Gasteiger partial charge in [-0.05, 0) is 20.8 Å². The molecule has 0 fully saturated rings. The Morgan fingerprint density at radius 3 is 0.950 bits per heavy atom. The quantitative estimate of drug-likeness (QED) is 0.306. The second-order valence-corrected chi connectivity index (χ2v) is 8.93. The standard InChI is InChI=1S/C6H15NO9S3.K.H/c1-4(17(8,9)10)7(5(2)18(11,12)13)6(3)19(14,15)16;;/h4-6H,1-3H3,(H,8,9,10)(H,11,12,13)(H,14,15,16);;/q;+1;-1. The summed E-state index contributed by atoms with van der Waals surface area (Å²) in [7, 11) is -14.5. The number of nitrogens with zero attached hydrogens (tertiary/aromatic N) is 1. The van der Waals surface area contributed by atoms with Crippen molar-refractivity contribution >= 4 is 30.4 Å². The van der Waals surface area contributed by atoms with E-state index >= 15 is 0 Å². The predicted octanol–water partition coefficient (Wildman–Crippen LogP) is -3.89. The van der Waals surface area contributed by atoms with Crippen molar-refractivity contribution in [3.63, 3.8) is 0 Å². The number of hydrogen-bond acceptors (Lipinski definition) is 7. The summed E-state index contributed by atoms with van der Waals surface area (Å²) in [6, 6.07) is 0. The number of rotatable bonds is 6. The maximum atomic E-state index is 11.0. The van der Waals surface area contributed by atoms with Crippen LogP contribution in [0.1, 0.15) is 22.2 Å². The summed E-state index contributed by atoms with van der Waals surface area (Å²) >= 11 is 0. The van der Waals surface area contributed by atoms with Crippen LogP contribution in [0.3, 0.4) is 0 Å². The first kappa shape index (κ1) is 23.6. The molecule has 0 radical (unpaired) electrons. The molecule has 0 aliphatic heterocycles. The third kappa shape index (κ3) is 6.61. The van der Waals surface area contributed by atoms with Gasteiger partial charge >= 0.3 is 51.4 Å². The summed E-state index contributed by atoms with van der Waals surface area (Å²) in [5.41, 5.74) is 0. The van der Waals surface area contributed by atoms with Crippen molar-refractivity contribution in [2.45, 2.75) is 36.9 Å². The Morgan fingerprint density at radius 1 is 0.700 bits per heavy atom. The summed E-state index contributed by atoms with van der Waals surface area (Å²) in [5, 5.41) is -5.95. The average Bonchev–Trinajstić information content (AvgIpc) is 2.13. The molecule has 20 heavy (non-hydrogen) atoms. The molecule has 0 aliphatic carbocycles. The van der Waals surface area contributed by atoms with Crippen LogP contribution in [0.2, 0.25) is 0 Å². The molecule has 10 nitrogen and oxygen atoms in total. The average molecular weight is 381 g/mol. The van der Waals surface area contributed by atoms with Gasteiger partial charge in [0.25, 0.3) is 30.4 Å². The Hall–Kier alpha value is 1.33. The molecule has 0 aliphatic rings. The van der Waals surface area contributed by atoms with Crippen LogP contribution in [0, 0.1) is 0 Å². The van der Waals surface area contributed by atoms with Gasteiger partial charge in [0, 0.05) is 0 Å². The van der Waals surface area contributed by atoms with E-state index in [4.69, 9.17) is 13.7 Å². The van der Waals surface area contributed by atoms with Crippen molar-refractivity contribution in [2.24, 2.45) is 0 Å². The molecule has 14 heteroatoms. The van der Waals surface area contributed by atoms with Crippen molar-refractivity contribution in [3.05, 3.63) is 0 Å². The fourth-order valence-electron chi connectivity index (χ4n) is 1.35. The Kier molecular flexibility index (Phi) is 9.13. The van der Waals surface area contributed by atoms with Crippen molar-refractivity contribution in [3.8, 4) is 0 Å². The first-order valence-electron chi connectivity index (χ1n) is 4.76. The summed E-state index contributed by atoms with van der Waals surface area (Å²) < 4.78 is 92.6. The van der Waals surface area contributed by atoms with Gasteiger partial charge in [-0.25, -0.2) is 4.90 Å². The third-order valence-electron chi connectivity index (χ3n) is 2.55. The zero-order valence-corrected chi connectivity index (χ0v) is 16.8. The minimum absolute atomic E-state index is 0. The van der Waals surface area contributed by atoms with Crippen LogP contribution < -0.4 is 51.4 Å². The molecule has 0 saturated heterocycles. The molecule has 0 rings (SSSR count). The smallest absolute Gasteiger partial charge is 1.00 e. The summed E-state index contributed by atoms with van der Waals surface area (Å²) in [6.07, 6.45) is 0. The molecule has 3 N–H and O–H groups in total. The van der Waals surface area contributed by atoms with Crippen molar-refractivity contribution in [2.75, 3.05) is 0 Å². The Balaban J connectivity index is -0.00000162. The van der Waals surface area contributed by atoms with Crippen molar-refractivity contribution in [1.29, 1.82) is 0 Å². The predicted molar refractivity (Wildman–Crippen MR) is 66.0 cm³/mol. The van der Waals surface area contributed by atoms with E-state index in [-0.39, 0.29) is 57.7 Å². The maximum Gasteiger partial charge on any atom is 1.00 e. The van der Waals surface area contributed by atoms with Crippen LogP contribution in [0.4, 0.5) is 0 Å². The van der Waals surface area contributed by atoms with E-state index in [0.717, 1.165) is 20.8 Å². The number of hydrogen-bond donors (Lipinski definition) is 3. The first-order valence-corrected chi connectivity index (χ1v) is 9.27. The van der Waals surface area contributed by atoms with Crippen molar-refractivity contribution in [1.82, 2.24) is 4.90 Å². The fraction of sp³-hybridized carbons (Fsp3) is 1.00. The molecule has 118 valence electrons. The second-order valence-electron chi connectivity index (χ2n) is 3.79. The fourth-order valence-corrected chi connectivity index (χ4v) is 3.60.